The summed E-state index contributed by atoms with van der Waals surface area (Å²) in [6, 6.07) is 8.71. The highest BCUT2D eigenvalue weighted by Gasteiger charge is 2.40. The van der Waals surface area contributed by atoms with Crippen molar-refractivity contribution in [3.05, 3.63) is 29.8 Å². The molecule has 1 saturated heterocycles. The lowest BCUT2D eigenvalue weighted by Gasteiger charge is -2.36. The molecule has 0 amide bonds. The van der Waals surface area contributed by atoms with E-state index in [-0.39, 0.29) is 12.1 Å². The van der Waals surface area contributed by atoms with Crippen molar-refractivity contribution in [2.75, 3.05) is 13.7 Å². The second-order valence-electron chi connectivity index (χ2n) is 5.52. The molecule has 3 nitrogen and oxygen atoms in total. The van der Waals surface area contributed by atoms with E-state index in [9.17, 15) is 5.11 Å². The summed E-state index contributed by atoms with van der Waals surface area (Å²) < 4.78 is 5.17. The molecule has 3 heteroatoms. The predicted molar refractivity (Wildman–Crippen MR) is 72.7 cm³/mol. The van der Waals surface area contributed by atoms with Crippen molar-refractivity contribution in [3.63, 3.8) is 0 Å². The molecule has 1 fully saturated rings. The third-order valence-corrected chi connectivity index (χ3v) is 4.18. The van der Waals surface area contributed by atoms with E-state index in [4.69, 9.17) is 4.74 Å². The standard InChI is InChI=1S/C15H23NO2/c1-12-8-9-15(2,11-17)16(12)10-13-4-6-14(18-3)7-5-13/h4-7,12,17H,8-11H2,1-3H3/t12?,15-/m0/s1. The van der Waals surface area contributed by atoms with Gasteiger partial charge in [-0.2, -0.15) is 0 Å². The van der Waals surface area contributed by atoms with Gasteiger partial charge in [0, 0.05) is 18.1 Å². The van der Waals surface area contributed by atoms with Crippen molar-refractivity contribution in [3.8, 4) is 5.75 Å². The maximum Gasteiger partial charge on any atom is 0.118 e. The number of methoxy groups -OCH3 is 1. The Kier molecular flexibility index (Phi) is 3.93. The maximum atomic E-state index is 9.61. The van der Waals surface area contributed by atoms with Gasteiger partial charge in [0.25, 0.3) is 0 Å². The van der Waals surface area contributed by atoms with Gasteiger partial charge in [-0.25, -0.2) is 0 Å². The molecule has 1 aromatic carbocycles. The lowest BCUT2D eigenvalue weighted by Crippen LogP contribution is -2.46. The van der Waals surface area contributed by atoms with E-state index in [1.807, 2.05) is 12.1 Å². The molecule has 1 heterocycles. The van der Waals surface area contributed by atoms with E-state index in [0.29, 0.717) is 6.04 Å². The van der Waals surface area contributed by atoms with E-state index in [1.54, 1.807) is 7.11 Å². The highest BCUT2D eigenvalue weighted by molar-refractivity contribution is 5.27. The third-order valence-electron chi connectivity index (χ3n) is 4.18. The molecule has 1 aliphatic heterocycles. The summed E-state index contributed by atoms with van der Waals surface area (Å²) in [6.07, 6.45) is 2.23. The Bertz CT molecular complexity index is 390. The average Bonchev–Trinajstić information content (AvgIpc) is 2.69. The molecule has 0 spiro atoms. The molecule has 0 aromatic heterocycles. The summed E-state index contributed by atoms with van der Waals surface area (Å²) in [5.74, 6) is 0.887. The Morgan fingerprint density at radius 1 is 1.39 bits per heavy atom. The molecule has 1 aromatic rings. The van der Waals surface area contributed by atoms with Crippen LogP contribution in [0, 0.1) is 0 Å². The van der Waals surface area contributed by atoms with E-state index in [2.05, 4.69) is 30.9 Å². The Balaban J connectivity index is 2.11. The fourth-order valence-corrected chi connectivity index (χ4v) is 2.80. The second kappa shape index (κ2) is 5.29. The molecule has 100 valence electrons. The number of aliphatic hydroxyl groups excluding tert-OH is 1. The summed E-state index contributed by atoms with van der Waals surface area (Å²) >= 11 is 0. The first-order valence-corrected chi connectivity index (χ1v) is 6.59. The smallest absolute Gasteiger partial charge is 0.118 e. The van der Waals surface area contributed by atoms with Crippen LogP contribution >= 0.6 is 0 Å². The first-order valence-electron chi connectivity index (χ1n) is 6.59. The van der Waals surface area contributed by atoms with Crippen molar-refractivity contribution in [1.29, 1.82) is 0 Å². The molecule has 0 radical (unpaired) electrons. The highest BCUT2D eigenvalue weighted by Crippen LogP contribution is 2.34. The van der Waals surface area contributed by atoms with Gasteiger partial charge in [-0.05, 0) is 44.4 Å². The first-order chi connectivity index (χ1) is 8.59. The number of likely N-dealkylation sites (tertiary alicyclic amines) is 1. The van der Waals surface area contributed by atoms with E-state index in [1.165, 1.54) is 5.56 Å². The zero-order valence-corrected chi connectivity index (χ0v) is 11.5. The zero-order chi connectivity index (χ0) is 13.2. The topological polar surface area (TPSA) is 32.7 Å². The molecule has 0 bridgehead atoms. The quantitative estimate of drug-likeness (QED) is 0.889. The second-order valence-corrected chi connectivity index (χ2v) is 5.52. The number of rotatable bonds is 4. The normalized spacial score (nSPS) is 28.6. The first kappa shape index (κ1) is 13.4. The molecule has 2 rings (SSSR count). The monoisotopic (exact) mass is 249 g/mol. The van der Waals surface area contributed by atoms with Crippen LogP contribution < -0.4 is 4.74 Å². The van der Waals surface area contributed by atoms with Gasteiger partial charge in [-0.1, -0.05) is 12.1 Å². The zero-order valence-electron chi connectivity index (χ0n) is 11.5. The fraction of sp³-hybridized carbons (Fsp3) is 0.600. The minimum Gasteiger partial charge on any atom is -0.497 e. The number of hydrogen-bond donors (Lipinski definition) is 1. The van der Waals surface area contributed by atoms with Crippen LogP contribution in [0.15, 0.2) is 24.3 Å². The lowest BCUT2D eigenvalue weighted by molar-refractivity contribution is 0.0525. The van der Waals surface area contributed by atoms with E-state index < -0.39 is 0 Å². The van der Waals surface area contributed by atoms with Crippen molar-refractivity contribution in [2.45, 2.75) is 44.8 Å². The lowest BCUT2D eigenvalue weighted by atomic mass is 10.00. The van der Waals surface area contributed by atoms with Crippen LogP contribution in [0.5, 0.6) is 5.75 Å². The van der Waals surface area contributed by atoms with Crippen LogP contribution in [0.4, 0.5) is 0 Å². The Labute approximate surface area is 109 Å². The average molecular weight is 249 g/mol. The summed E-state index contributed by atoms with van der Waals surface area (Å²) in [6.45, 7) is 5.51. The van der Waals surface area contributed by atoms with Crippen molar-refractivity contribution < 1.29 is 9.84 Å². The van der Waals surface area contributed by atoms with Crippen LogP contribution in [0.3, 0.4) is 0 Å². The molecule has 0 aliphatic carbocycles. The number of nitrogens with zero attached hydrogens (tertiary/aromatic N) is 1. The van der Waals surface area contributed by atoms with Crippen molar-refractivity contribution in [1.82, 2.24) is 4.90 Å². The Morgan fingerprint density at radius 2 is 2.06 bits per heavy atom. The summed E-state index contributed by atoms with van der Waals surface area (Å²) in [4.78, 5) is 2.41. The fourth-order valence-electron chi connectivity index (χ4n) is 2.80. The molecular formula is C15H23NO2. The SMILES string of the molecule is COc1ccc(CN2C(C)CC[C@@]2(C)CO)cc1. The molecule has 0 saturated carbocycles. The Morgan fingerprint density at radius 3 is 2.61 bits per heavy atom. The van der Waals surface area contributed by atoms with Gasteiger partial charge >= 0.3 is 0 Å². The molecule has 2 atom stereocenters. The van der Waals surface area contributed by atoms with Crippen LogP contribution in [0.1, 0.15) is 32.3 Å². The van der Waals surface area contributed by atoms with Gasteiger partial charge in [-0.3, -0.25) is 4.90 Å². The molecule has 1 unspecified atom stereocenters. The van der Waals surface area contributed by atoms with Gasteiger partial charge in [0.2, 0.25) is 0 Å². The highest BCUT2D eigenvalue weighted by atomic mass is 16.5. The summed E-state index contributed by atoms with van der Waals surface area (Å²) in [5.41, 5.74) is 1.20. The molecule has 1 aliphatic rings. The number of ether oxygens (including phenoxy) is 1. The van der Waals surface area contributed by atoms with Crippen LogP contribution in [0.25, 0.3) is 0 Å². The van der Waals surface area contributed by atoms with Gasteiger partial charge < -0.3 is 9.84 Å². The number of benzene rings is 1. The van der Waals surface area contributed by atoms with Crippen molar-refractivity contribution in [2.24, 2.45) is 0 Å². The predicted octanol–water partition coefficient (Wildman–Crippen LogP) is 2.43. The van der Waals surface area contributed by atoms with Crippen LogP contribution in [-0.4, -0.2) is 35.3 Å². The van der Waals surface area contributed by atoms with Crippen LogP contribution in [-0.2, 0) is 6.54 Å². The van der Waals surface area contributed by atoms with Gasteiger partial charge in [0.1, 0.15) is 5.75 Å². The largest absolute Gasteiger partial charge is 0.497 e. The number of hydrogen-bond acceptors (Lipinski definition) is 3. The third kappa shape index (κ3) is 2.52. The van der Waals surface area contributed by atoms with E-state index >= 15 is 0 Å². The van der Waals surface area contributed by atoms with Gasteiger partial charge in [0.15, 0.2) is 0 Å². The van der Waals surface area contributed by atoms with E-state index in [0.717, 1.165) is 25.1 Å². The molecule has 18 heavy (non-hydrogen) atoms. The Hall–Kier alpha value is -1.06. The van der Waals surface area contributed by atoms with Gasteiger partial charge in [0.05, 0.1) is 13.7 Å². The molecular weight excluding hydrogens is 226 g/mol. The molecule has 1 N–H and O–H groups in total. The summed E-state index contributed by atoms with van der Waals surface area (Å²) in [5, 5.41) is 9.61. The number of aliphatic hydroxyl groups is 1. The summed E-state index contributed by atoms with van der Waals surface area (Å²) in [7, 11) is 1.68. The minimum absolute atomic E-state index is 0.0701. The van der Waals surface area contributed by atoms with Crippen molar-refractivity contribution >= 4 is 0 Å². The minimum atomic E-state index is -0.0701. The maximum absolute atomic E-state index is 9.61. The van der Waals surface area contributed by atoms with Crippen LogP contribution in [0.2, 0.25) is 0 Å². The van der Waals surface area contributed by atoms with Gasteiger partial charge in [-0.15, -0.1) is 0 Å².